The summed E-state index contributed by atoms with van der Waals surface area (Å²) in [4.78, 5) is 5.23. The Morgan fingerprint density at radius 2 is 2.19 bits per heavy atom. The second-order valence-electron chi connectivity index (χ2n) is 4.75. The average Bonchev–Trinajstić information content (AvgIpc) is 2.84. The van der Waals surface area contributed by atoms with Crippen molar-refractivity contribution in [3.05, 3.63) is 22.4 Å². The maximum atomic E-state index is 3.58. The molecule has 0 amide bonds. The highest BCUT2D eigenvalue weighted by Gasteiger charge is 2.31. The van der Waals surface area contributed by atoms with Crippen LogP contribution in [0.5, 0.6) is 0 Å². The number of hydrogen-bond acceptors (Lipinski definition) is 4. The molecule has 4 heterocycles. The van der Waals surface area contributed by atoms with Gasteiger partial charge < -0.3 is 5.32 Å². The van der Waals surface area contributed by atoms with E-state index in [0.29, 0.717) is 0 Å². The summed E-state index contributed by atoms with van der Waals surface area (Å²) in [6, 6.07) is 2.94. The average molecular weight is 237 g/mol. The maximum Gasteiger partial charge on any atom is 0.0349 e. The topological polar surface area (TPSA) is 18.5 Å². The lowest BCUT2D eigenvalue weighted by atomic mass is 10.1. The first kappa shape index (κ1) is 10.7. The molecule has 0 spiro atoms. The predicted octanol–water partition coefficient (Wildman–Crippen LogP) is 0.837. The molecule has 0 radical (unpaired) electrons. The van der Waals surface area contributed by atoms with Gasteiger partial charge in [0.05, 0.1) is 0 Å². The van der Waals surface area contributed by atoms with Gasteiger partial charge >= 0.3 is 0 Å². The van der Waals surface area contributed by atoms with Crippen LogP contribution >= 0.6 is 11.3 Å². The van der Waals surface area contributed by atoms with Crippen molar-refractivity contribution in [2.45, 2.75) is 12.6 Å². The third-order valence-corrected chi connectivity index (χ3v) is 4.41. The summed E-state index contributed by atoms with van der Waals surface area (Å²) in [5.41, 5.74) is 1.42. The highest BCUT2D eigenvalue weighted by atomic mass is 32.1. The molecule has 1 atom stereocenters. The summed E-state index contributed by atoms with van der Waals surface area (Å²) in [6.07, 6.45) is 0. The monoisotopic (exact) mass is 237 g/mol. The zero-order valence-electron chi connectivity index (χ0n) is 9.56. The summed E-state index contributed by atoms with van der Waals surface area (Å²) in [7, 11) is 0. The van der Waals surface area contributed by atoms with Gasteiger partial charge in [-0.15, -0.1) is 0 Å². The molecule has 4 rings (SSSR count). The van der Waals surface area contributed by atoms with Gasteiger partial charge in [-0.1, -0.05) is 0 Å². The normalized spacial score (nSPS) is 33.1. The van der Waals surface area contributed by atoms with Gasteiger partial charge in [0.2, 0.25) is 0 Å². The van der Waals surface area contributed by atoms with Crippen molar-refractivity contribution in [1.82, 2.24) is 15.1 Å². The van der Waals surface area contributed by atoms with Crippen LogP contribution in [0.25, 0.3) is 0 Å². The summed E-state index contributed by atoms with van der Waals surface area (Å²) in [5.74, 6) is 0. The molecule has 0 aliphatic carbocycles. The van der Waals surface area contributed by atoms with Gasteiger partial charge in [0.25, 0.3) is 0 Å². The molecule has 1 aromatic rings. The van der Waals surface area contributed by atoms with E-state index in [9.17, 15) is 0 Å². The zero-order chi connectivity index (χ0) is 10.8. The molecule has 2 bridgehead atoms. The van der Waals surface area contributed by atoms with Crippen LogP contribution in [0.4, 0.5) is 0 Å². The van der Waals surface area contributed by atoms with Crippen LogP contribution in [0.1, 0.15) is 5.56 Å². The molecule has 3 aliphatic heterocycles. The minimum atomic E-state index is 0.737. The predicted molar refractivity (Wildman–Crippen MR) is 67.8 cm³/mol. The SMILES string of the molecule is c1cc(CNCC2CN3CCN2CC3)cs1. The van der Waals surface area contributed by atoms with Gasteiger partial charge in [-0.05, 0) is 22.4 Å². The minimum absolute atomic E-state index is 0.737. The number of piperazine rings is 3. The fourth-order valence-corrected chi connectivity index (χ4v) is 3.36. The lowest BCUT2D eigenvalue weighted by Gasteiger charge is -2.47. The summed E-state index contributed by atoms with van der Waals surface area (Å²) in [6.45, 7) is 8.51. The molecule has 3 nitrogen and oxygen atoms in total. The number of nitrogens with one attached hydrogen (secondary N) is 1. The second kappa shape index (κ2) is 4.84. The second-order valence-corrected chi connectivity index (χ2v) is 5.53. The van der Waals surface area contributed by atoms with E-state index in [1.165, 1.54) is 38.3 Å². The fourth-order valence-electron chi connectivity index (χ4n) is 2.69. The Morgan fingerprint density at radius 3 is 2.81 bits per heavy atom. The molecule has 88 valence electrons. The zero-order valence-corrected chi connectivity index (χ0v) is 10.4. The van der Waals surface area contributed by atoms with Crippen LogP contribution < -0.4 is 5.32 Å². The van der Waals surface area contributed by atoms with E-state index in [0.717, 1.165) is 19.1 Å². The molecule has 1 aromatic heterocycles. The highest BCUT2D eigenvalue weighted by Crippen LogP contribution is 2.15. The Kier molecular flexibility index (Phi) is 3.24. The largest absolute Gasteiger partial charge is 0.311 e. The first-order valence-electron chi connectivity index (χ1n) is 6.10. The van der Waals surface area contributed by atoms with Crippen LogP contribution in [-0.4, -0.2) is 55.1 Å². The Bertz CT molecular complexity index is 317. The van der Waals surface area contributed by atoms with Crippen molar-refractivity contribution in [2.24, 2.45) is 0 Å². The summed E-state index contributed by atoms with van der Waals surface area (Å²) < 4.78 is 0. The van der Waals surface area contributed by atoms with E-state index < -0.39 is 0 Å². The number of thiophene rings is 1. The number of hydrogen-bond donors (Lipinski definition) is 1. The van der Waals surface area contributed by atoms with Gasteiger partial charge in [0.1, 0.15) is 0 Å². The Morgan fingerprint density at radius 1 is 1.31 bits per heavy atom. The number of nitrogens with zero attached hydrogens (tertiary/aromatic N) is 2. The van der Waals surface area contributed by atoms with Crippen LogP contribution in [0.2, 0.25) is 0 Å². The van der Waals surface area contributed by atoms with E-state index in [1.807, 2.05) is 0 Å². The van der Waals surface area contributed by atoms with Crippen molar-refractivity contribution in [2.75, 3.05) is 39.3 Å². The minimum Gasteiger partial charge on any atom is -0.311 e. The van der Waals surface area contributed by atoms with Crippen molar-refractivity contribution in [3.8, 4) is 0 Å². The highest BCUT2D eigenvalue weighted by molar-refractivity contribution is 7.07. The Balaban J connectivity index is 1.45. The molecule has 1 N–H and O–H groups in total. The van der Waals surface area contributed by atoms with Gasteiger partial charge in [0, 0.05) is 51.9 Å². The lowest BCUT2D eigenvalue weighted by molar-refractivity contribution is 0.0136. The van der Waals surface area contributed by atoms with E-state index in [-0.39, 0.29) is 0 Å². The number of rotatable bonds is 4. The van der Waals surface area contributed by atoms with Crippen molar-refractivity contribution < 1.29 is 0 Å². The van der Waals surface area contributed by atoms with Crippen molar-refractivity contribution in [3.63, 3.8) is 0 Å². The summed E-state index contributed by atoms with van der Waals surface area (Å²) >= 11 is 1.78. The first-order valence-corrected chi connectivity index (χ1v) is 7.04. The van der Waals surface area contributed by atoms with Crippen LogP contribution in [0.3, 0.4) is 0 Å². The lowest BCUT2D eigenvalue weighted by Crippen LogP contribution is -2.63. The van der Waals surface area contributed by atoms with Gasteiger partial charge in [-0.2, -0.15) is 11.3 Å². The molecular weight excluding hydrogens is 218 g/mol. The number of fused-ring (bicyclic) bond motifs is 3. The van der Waals surface area contributed by atoms with Crippen molar-refractivity contribution in [1.29, 1.82) is 0 Å². The van der Waals surface area contributed by atoms with E-state index in [1.54, 1.807) is 11.3 Å². The molecular formula is C12H19N3S. The third-order valence-electron chi connectivity index (χ3n) is 3.68. The van der Waals surface area contributed by atoms with E-state index in [2.05, 4.69) is 31.9 Å². The quantitative estimate of drug-likeness (QED) is 0.837. The molecule has 4 heteroatoms. The molecule has 0 aromatic carbocycles. The van der Waals surface area contributed by atoms with Crippen LogP contribution in [0, 0.1) is 0 Å². The molecule has 3 fully saturated rings. The van der Waals surface area contributed by atoms with E-state index >= 15 is 0 Å². The first-order chi connectivity index (χ1) is 7.92. The smallest absolute Gasteiger partial charge is 0.0349 e. The van der Waals surface area contributed by atoms with Gasteiger partial charge in [-0.3, -0.25) is 9.80 Å². The molecule has 16 heavy (non-hydrogen) atoms. The maximum absolute atomic E-state index is 3.58. The summed E-state index contributed by atoms with van der Waals surface area (Å²) in [5, 5.41) is 7.95. The molecule has 1 unspecified atom stereocenters. The van der Waals surface area contributed by atoms with Crippen molar-refractivity contribution >= 4 is 11.3 Å². The molecule has 0 saturated carbocycles. The Labute approximate surface area is 101 Å². The molecule has 3 saturated heterocycles. The molecule has 3 aliphatic rings. The van der Waals surface area contributed by atoms with Crippen LogP contribution in [0.15, 0.2) is 16.8 Å². The van der Waals surface area contributed by atoms with Gasteiger partial charge in [0.15, 0.2) is 0 Å². The third kappa shape index (κ3) is 2.30. The fraction of sp³-hybridized carbons (Fsp3) is 0.667. The standard InChI is InChI=1S/C12H19N3S/c1-6-16-10-11(1)7-13-8-12-9-14-2-4-15(12)5-3-14/h1,6,10,12-13H,2-5,7-9H2. The van der Waals surface area contributed by atoms with Gasteiger partial charge in [-0.25, -0.2) is 0 Å². The Hall–Kier alpha value is -0.420. The van der Waals surface area contributed by atoms with E-state index in [4.69, 9.17) is 0 Å². The van der Waals surface area contributed by atoms with Crippen LogP contribution in [-0.2, 0) is 6.54 Å².